The van der Waals surface area contributed by atoms with Gasteiger partial charge in [0.05, 0.1) is 12.8 Å². The van der Waals surface area contributed by atoms with Gasteiger partial charge in [0.2, 0.25) is 0 Å². The number of aromatic nitrogens is 1. The standard InChI is InChI=1S/C16H19BrN2O/c1-3-15(12-7-9-14(20-2)10-8-12)18-11-13-5-4-6-16(17)19-13/h4-10,15,18H,3,11H2,1-2H3. The Kier molecular flexibility index (Phi) is 5.56. The van der Waals surface area contributed by atoms with E-state index >= 15 is 0 Å². The van der Waals surface area contributed by atoms with Gasteiger partial charge in [0.15, 0.2) is 0 Å². The summed E-state index contributed by atoms with van der Waals surface area (Å²) in [7, 11) is 1.68. The van der Waals surface area contributed by atoms with Crippen molar-refractivity contribution in [3.8, 4) is 5.75 Å². The first-order chi connectivity index (χ1) is 9.72. The third-order valence-corrected chi connectivity index (χ3v) is 3.67. The minimum Gasteiger partial charge on any atom is -0.497 e. The number of methoxy groups -OCH3 is 1. The zero-order valence-corrected chi connectivity index (χ0v) is 13.4. The minimum atomic E-state index is 0.321. The molecule has 1 aromatic carbocycles. The van der Waals surface area contributed by atoms with Crippen LogP contribution in [0.3, 0.4) is 0 Å². The minimum absolute atomic E-state index is 0.321. The first kappa shape index (κ1) is 15.0. The Morgan fingerprint density at radius 2 is 1.95 bits per heavy atom. The van der Waals surface area contributed by atoms with Crippen molar-refractivity contribution in [1.82, 2.24) is 10.3 Å². The lowest BCUT2D eigenvalue weighted by Crippen LogP contribution is -2.20. The molecule has 0 aliphatic carbocycles. The second-order valence-corrected chi connectivity index (χ2v) is 5.38. The van der Waals surface area contributed by atoms with Gasteiger partial charge in [-0.1, -0.05) is 25.1 Å². The highest BCUT2D eigenvalue weighted by atomic mass is 79.9. The predicted octanol–water partition coefficient (Wildman–Crippen LogP) is 4.09. The molecule has 3 nitrogen and oxygen atoms in total. The smallest absolute Gasteiger partial charge is 0.118 e. The maximum Gasteiger partial charge on any atom is 0.118 e. The molecule has 1 atom stereocenters. The lowest BCUT2D eigenvalue weighted by Gasteiger charge is -2.17. The summed E-state index contributed by atoms with van der Waals surface area (Å²) in [6, 6.07) is 14.5. The Labute approximate surface area is 128 Å². The fourth-order valence-electron chi connectivity index (χ4n) is 2.11. The van der Waals surface area contributed by atoms with E-state index in [0.29, 0.717) is 6.04 Å². The average molecular weight is 335 g/mol. The van der Waals surface area contributed by atoms with E-state index in [-0.39, 0.29) is 0 Å². The molecule has 1 aromatic heterocycles. The van der Waals surface area contributed by atoms with E-state index in [0.717, 1.165) is 29.0 Å². The highest BCUT2D eigenvalue weighted by Gasteiger charge is 2.09. The van der Waals surface area contributed by atoms with Gasteiger partial charge in [-0.15, -0.1) is 0 Å². The topological polar surface area (TPSA) is 34.2 Å². The lowest BCUT2D eigenvalue weighted by molar-refractivity contribution is 0.414. The van der Waals surface area contributed by atoms with Crippen LogP contribution < -0.4 is 10.1 Å². The quantitative estimate of drug-likeness (QED) is 0.808. The fourth-order valence-corrected chi connectivity index (χ4v) is 2.49. The van der Waals surface area contributed by atoms with Gasteiger partial charge in [0, 0.05) is 12.6 Å². The molecule has 1 unspecified atom stereocenters. The maximum absolute atomic E-state index is 5.19. The van der Waals surface area contributed by atoms with Crippen molar-refractivity contribution in [3.63, 3.8) is 0 Å². The third kappa shape index (κ3) is 4.05. The van der Waals surface area contributed by atoms with Gasteiger partial charge in [-0.3, -0.25) is 0 Å². The summed E-state index contributed by atoms with van der Waals surface area (Å²) < 4.78 is 6.06. The number of pyridine rings is 1. The van der Waals surface area contributed by atoms with Crippen LogP contribution in [0.25, 0.3) is 0 Å². The van der Waals surface area contributed by atoms with Crippen molar-refractivity contribution >= 4 is 15.9 Å². The first-order valence-electron chi connectivity index (χ1n) is 6.71. The monoisotopic (exact) mass is 334 g/mol. The van der Waals surface area contributed by atoms with Crippen LogP contribution in [-0.4, -0.2) is 12.1 Å². The van der Waals surface area contributed by atoms with Gasteiger partial charge < -0.3 is 10.1 Å². The van der Waals surface area contributed by atoms with Gasteiger partial charge in [0.1, 0.15) is 10.4 Å². The van der Waals surface area contributed by atoms with E-state index in [9.17, 15) is 0 Å². The van der Waals surface area contributed by atoms with Crippen molar-refractivity contribution < 1.29 is 4.74 Å². The largest absolute Gasteiger partial charge is 0.497 e. The molecule has 0 radical (unpaired) electrons. The van der Waals surface area contributed by atoms with E-state index in [1.807, 2.05) is 30.3 Å². The Hall–Kier alpha value is -1.39. The van der Waals surface area contributed by atoms with E-state index in [1.54, 1.807) is 7.11 Å². The molecule has 0 saturated heterocycles. The molecule has 2 rings (SSSR count). The molecule has 1 N–H and O–H groups in total. The summed E-state index contributed by atoms with van der Waals surface area (Å²) in [5, 5.41) is 3.54. The Balaban J connectivity index is 2.01. The number of benzene rings is 1. The van der Waals surface area contributed by atoms with Gasteiger partial charge in [0.25, 0.3) is 0 Å². The van der Waals surface area contributed by atoms with E-state index in [2.05, 4.69) is 45.3 Å². The van der Waals surface area contributed by atoms with Gasteiger partial charge >= 0.3 is 0 Å². The highest BCUT2D eigenvalue weighted by molar-refractivity contribution is 9.10. The Morgan fingerprint density at radius 3 is 2.55 bits per heavy atom. The van der Waals surface area contributed by atoms with Crippen LogP contribution in [0.2, 0.25) is 0 Å². The summed E-state index contributed by atoms with van der Waals surface area (Å²) >= 11 is 3.39. The van der Waals surface area contributed by atoms with Crippen LogP contribution >= 0.6 is 15.9 Å². The lowest BCUT2D eigenvalue weighted by atomic mass is 10.0. The molecule has 1 heterocycles. The van der Waals surface area contributed by atoms with Gasteiger partial charge in [-0.25, -0.2) is 4.98 Å². The van der Waals surface area contributed by atoms with Gasteiger partial charge in [-0.2, -0.15) is 0 Å². The van der Waals surface area contributed by atoms with E-state index in [4.69, 9.17) is 4.74 Å². The van der Waals surface area contributed by atoms with Crippen LogP contribution in [0.1, 0.15) is 30.6 Å². The highest BCUT2D eigenvalue weighted by Crippen LogP contribution is 2.20. The number of nitrogens with zero attached hydrogens (tertiary/aromatic N) is 1. The van der Waals surface area contributed by atoms with E-state index in [1.165, 1.54) is 5.56 Å². The zero-order chi connectivity index (χ0) is 14.4. The van der Waals surface area contributed by atoms with Crippen LogP contribution in [0.15, 0.2) is 47.1 Å². The number of ether oxygens (including phenoxy) is 1. The number of halogens is 1. The summed E-state index contributed by atoms with van der Waals surface area (Å²) in [5.74, 6) is 0.886. The molecule has 20 heavy (non-hydrogen) atoms. The molecule has 0 fully saturated rings. The van der Waals surface area contributed by atoms with Crippen molar-refractivity contribution in [2.45, 2.75) is 25.9 Å². The molecule has 2 aromatic rings. The molecule has 0 spiro atoms. The molecule has 106 valence electrons. The average Bonchev–Trinajstić information content (AvgIpc) is 2.48. The molecule has 0 aliphatic heterocycles. The second-order valence-electron chi connectivity index (χ2n) is 4.57. The molecule has 0 amide bonds. The Bertz CT molecular complexity index is 542. The van der Waals surface area contributed by atoms with Crippen LogP contribution in [0.5, 0.6) is 5.75 Å². The number of hydrogen-bond acceptors (Lipinski definition) is 3. The normalized spacial score (nSPS) is 12.2. The van der Waals surface area contributed by atoms with Crippen LogP contribution in [0, 0.1) is 0 Å². The van der Waals surface area contributed by atoms with E-state index < -0.39 is 0 Å². The number of hydrogen-bond donors (Lipinski definition) is 1. The number of nitrogens with one attached hydrogen (secondary N) is 1. The van der Waals surface area contributed by atoms with Gasteiger partial charge in [-0.05, 0) is 52.2 Å². The summed E-state index contributed by atoms with van der Waals surface area (Å²) in [4.78, 5) is 4.43. The van der Waals surface area contributed by atoms with Crippen molar-refractivity contribution in [2.24, 2.45) is 0 Å². The van der Waals surface area contributed by atoms with Crippen LogP contribution in [0.4, 0.5) is 0 Å². The summed E-state index contributed by atoms with van der Waals surface area (Å²) in [6.45, 7) is 2.93. The van der Waals surface area contributed by atoms with Crippen molar-refractivity contribution in [2.75, 3.05) is 7.11 Å². The SMILES string of the molecule is CCC(NCc1cccc(Br)n1)c1ccc(OC)cc1. The zero-order valence-electron chi connectivity index (χ0n) is 11.8. The molecule has 0 saturated carbocycles. The van der Waals surface area contributed by atoms with Crippen molar-refractivity contribution in [1.29, 1.82) is 0 Å². The van der Waals surface area contributed by atoms with Crippen molar-refractivity contribution in [3.05, 3.63) is 58.3 Å². The molecular weight excluding hydrogens is 316 g/mol. The predicted molar refractivity (Wildman–Crippen MR) is 84.8 cm³/mol. The Morgan fingerprint density at radius 1 is 1.20 bits per heavy atom. The first-order valence-corrected chi connectivity index (χ1v) is 7.51. The third-order valence-electron chi connectivity index (χ3n) is 3.23. The molecular formula is C16H19BrN2O. The molecule has 4 heteroatoms. The maximum atomic E-state index is 5.19. The second kappa shape index (κ2) is 7.41. The number of rotatable bonds is 6. The summed E-state index contributed by atoms with van der Waals surface area (Å²) in [6.07, 6.45) is 1.03. The fraction of sp³-hybridized carbons (Fsp3) is 0.312. The molecule has 0 aliphatic rings. The van der Waals surface area contributed by atoms with Crippen LogP contribution in [-0.2, 0) is 6.54 Å². The summed E-state index contributed by atoms with van der Waals surface area (Å²) in [5.41, 5.74) is 2.30. The molecule has 0 bridgehead atoms.